The molecule has 2 rings (SSSR count). The molecule has 0 saturated heterocycles. The van der Waals surface area contributed by atoms with Crippen molar-refractivity contribution in [1.29, 1.82) is 0 Å². The standard InChI is InChI=1S/C9H9N3O3/c1-6-8(9(13)14)3-10-12(6)4-7-2-11-15-5-7/h2-3,5H,4H2,1H3,(H,13,14). The first-order valence-corrected chi connectivity index (χ1v) is 4.32. The maximum absolute atomic E-state index is 10.8. The van der Waals surface area contributed by atoms with Crippen molar-refractivity contribution in [2.24, 2.45) is 0 Å². The van der Waals surface area contributed by atoms with Crippen molar-refractivity contribution in [1.82, 2.24) is 14.9 Å². The predicted octanol–water partition coefficient (Wildman–Crippen LogP) is 0.926. The maximum atomic E-state index is 10.8. The third kappa shape index (κ3) is 1.74. The van der Waals surface area contributed by atoms with Crippen molar-refractivity contribution in [2.75, 3.05) is 0 Å². The highest BCUT2D eigenvalue weighted by Crippen LogP contribution is 2.09. The Morgan fingerprint density at radius 3 is 2.93 bits per heavy atom. The average molecular weight is 207 g/mol. The molecule has 0 radical (unpaired) electrons. The van der Waals surface area contributed by atoms with Gasteiger partial charge in [0.1, 0.15) is 11.8 Å². The minimum absolute atomic E-state index is 0.214. The molecule has 0 amide bonds. The average Bonchev–Trinajstić information content (AvgIpc) is 2.78. The summed E-state index contributed by atoms with van der Waals surface area (Å²) in [4.78, 5) is 10.8. The molecule has 0 spiro atoms. The summed E-state index contributed by atoms with van der Waals surface area (Å²) in [5.41, 5.74) is 1.67. The molecule has 1 N–H and O–H groups in total. The third-order valence-electron chi connectivity index (χ3n) is 2.15. The minimum Gasteiger partial charge on any atom is -0.478 e. The molecule has 2 aromatic rings. The van der Waals surface area contributed by atoms with E-state index in [4.69, 9.17) is 5.11 Å². The van der Waals surface area contributed by atoms with Crippen LogP contribution in [0.1, 0.15) is 21.6 Å². The fourth-order valence-corrected chi connectivity index (χ4v) is 1.29. The zero-order chi connectivity index (χ0) is 10.8. The largest absolute Gasteiger partial charge is 0.478 e. The highest BCUT2D eigenvalue weighted by Gasteiger charge is 2.12. The van der Waals surface area contributed by atoms with Crippen molar-refractivity contribution in [2.45, 2.75) is 13.5 Å². The number of nitrogens with zero attached hydrogens (tertiary/aromatic N) is 3. The lowest BCUT2D eigenvalue weighted by Gasteiger charge is -2.01. The normalized spacial score (nSPS) is 10.5. The second kappa shape index (κ2) is 3.56. The van der Waals surface area contributed by atoms with Gasteiger partial charge in [0.05, 0.1) is 24.6 Å². The Labute approximate surface area is 85.1 Å². The highest BCUT2D eigenvalue weighted by molar-refractivity contribution is 5.88. The van der Waals surface area contributed by atoms with Gasteiger partial charge in [-0.1, -0.05) is 5.16 Å². The summed E-state index contributed by atoms with van der Waals surface area (Å²) in [6.07, 6.45) is 4.41. The van der Waals surface area contributed by atoms with Crippen LogP contribution in [-0.4, -0.2) is 26.0 Å². The van der Waals surface area contributed by atoms with E-state index >= 15 is 0 Å². The number of carbonyl (C=O) groups is 1. The first-order valence-electron chi connectivity index (χ1n) is 4.32. The van der Waals surface area contributed by atoms with Crippen LogP contribution >= 0.6 is 0 Å². The van der Waals surface area contributed by atoms with Gasteiger partial charge in [0.2, 0.25) is 0 Å². The SMILES string of the molecule is Cc1c(C(=O)O)cnn1Cc1cnoc1. The highest BCUT2D eigenvalue weighted by atomic mass is 16.5. The van der Waals surface area contributed by atoms with Crippen molar-refractivity contribution < 1.29 is 14.4 Å². The van der Waals surface area contributed by atoms with Crippen LogP contribution in [0.2, 0.25) is 0 Å². The van der Waals surface area contributed by atoms with Crippen LogP contribution in [0, 0.1) is 6.92 Å². The number of aromatic nitrogens is 3. The Bertz CT molecular complexity index is 473. The van der Waals surface area contributed by atoms with Crippen LogP contribution in [0.3, 0.4) is 0 Å². The first kappa shape index (κ1) is 9.45. The molecular weight excluding hydrogens is 198 g/mol. The fraction of sp³-hybridized carbons (Fsp3) is 0.222. The summed E-state index contributed by atoms with van der Waals surface area (Å²) in [6.45, 7) is 2.17. The zero-order valence-corrected chi connectivity index (χ0v) is 8.04. The topological polar surface area (TPSA) is 81.1 Å². The van der Waals surface area contributed by atoms with Crippen LogP contribution in [0.4, 0.5) is 0 Å². The van der Waals surface area contributed by atoms with E-state index in [0.717, 1.165) is 5.56 Å². The van der Waals surface area contributed by atoms with E-state index in [1.54, 1.807) is 17.8 Å². The lowest BCUT2D eigenvalue weighted by molar-refractivity contribution is 0.0696. The van der Waals surface area contributed by atoms with Gasteiger partial charge in [-0.2, -0.15) is 5.10 Å². The van der Waals surface area contributed by atoms with E-state index < -0.39 is 5.97 Å². The van der Waals surface area contributed by atoms with Gasteiger partial charge in [-0.25, -0.2) is 4.79 Å². The van der Waals surface area contributed by atoms with Crippen molar-refractivity contribution in [3.63, 3.8) is 0 Å². The number of rotatable bonds is 3. The zero-order valence-electron chi connectivity index (χ0n) is 8.04. The second-order valence-corrected chi connectivity index (χ2v) is 3.14. The van der Waals surface area contributed by atoms with E-state index in [1.165, 1.54) is 12.5 Å². The van der Waals surface area contributed by atoms with Crippen molar-refractivity contribution in [3.05, 3.63) is 35.5 Å². The van der Waals surface area contributed by atoms with Crippen LogP contribution in [0.15, 0.2) is 23.2 Å². The Morgan fingerprint density at radius 2 is 2.40 bits per heavy atom. The molecule has 0 atom stereocenters. The molecule has 0 aliphatic heterocycles. The quantitative estimate of drug-likeness (QED) is 0.809. The summed E-state index contributed by atoms with van der Waals surface area (Å²) in [5.74, 6) is -0.968. The summed E-state index contributed by atoms with van der Waals surface area (Å²) in [7, 11) is 0. The van der Waals surface area contributed by atoms with E-state index in [1.807, 2.05) is 0 Å². The molecule has 0 unspecified atom stereocenters. The van der Waals surface area contributed by atoms with Gasteiger partial charge >= 0.3 is 5.97 Å². The summed E-state index contributed by atoms with van der Waals surface area (Å²) >= 11 is 0. The molecule has 0 aliphatic rings. The van der Waals surface area contributed by atoms with E-state index in [0.29, 0.717) is 12.2 Å². The molecule has 0 aromatic carbocycles. The van der Waals surface area contributed by atoms with Gasteiger partial charge in [-0.3, -0.25) is 4.68 Å². The minimum atomic E-state index is -0.968. The van der Waals surface area contributed by atoms with E-state index in [-0.39, 0.29) is 5.56 Å². The Hall–Kier alpha value is -2.11. The summed E-state index contributed by atoms with van der Waals surface area (Å²) < 4.78 is 6.27. The molecule has 6 heteroatoms. The lowest BCUT2D eigenvalue weighted by atomic mass is 10.2. The van der Waals surface area contributed by atoms with E-state index in [9.17, 15) is 4.79 Å². The van der Waals surface area contributed by atoms with Crippen molar-refractivity contribution >= 4 is 5.97 Å². The molecule has 0 saturated carbocycles. The van der Waals surface area contributed by atoms with Gasteiger partial charge in [-0.15, -0.1) is 0 Å². The molecule has 2 heterocycles. The molecule has 78 valence electrons. The number of hydrogen-bond donors (Lipinski definition) is 1. The maximum Gasteiger partial charge on any atom is 0.339 e. The van der Waals surface area contributed by atoms with Gasteiger partial charge in [0.15, 0.2) is 0 Å². The van der Waals surface area contributed by atoms with Gasteiger partial charge in [0.25, 0.3) is 0 Å². The first-order chi connectivity index (χ1) is 7.18. The molecule has 6 nitrogen and oxygen atoms in total. The Balaban J connectivity index is 2.27. The predicted molar refractivity (Wildman–Crippen MR) is 49.5 cm³/mol. The Morgan fingerprint density at radius 1 is 1.60 bits per heavy atom. The number of aromatic carboxylic acids is 1. The molecule has 0 fully saturated rings. The third-order valence-corrected chi connectivity index (χ3v) is 2.15. The van der Waals surface area contributed by atoms with Crippen LogP contribution in [0.5, 0.6) is 0 Å². The smallest absolute Gasteiger partial charge is 0.339 e. The van der Waals surface area contributed by atoms with Crippen LogP contribution in [0.25, 0.3) is 0 Å². The van der Waals surface area contributed by atoms with Gasteiger partial charge < -0.3 is 9.63 Å². The molecule has 0 aliphatic carbocycles. The molecule has 2 aromatic heterocycles. The number of carboxylic acid groups (broad SMARTS) is 1. The van der Waals surface area contributed by atoms with Crippen molar-refractivity contribution in [3.8, 4) is 0 Å². The van der Waals surface area contributed by atoms with Crippen LogP contribution < -0.4 is 0 Å². The van der Waals surface area contributed by atoms with Gasteiger partial charge in [-0.05, 0) is 6.92 Å². The summed E-state index contributed by atoms with van der Waals surface area (Å²) in [6, 6.07) is 0. The second-order valence-electron chi connectivity index (χ2n) is 3.14. The van der Waals surface area contributed by atoms with Crippen LogP contribution in [-0.2, 0) is 6.54 Å². The van der Waals surface area contributed by atoms with E-state index in [2.05, 4.69) is 14.8 Å². The van der Waals surface area contributed by atoms with Gasteiger partial charge in [0, 0.05) is 5.56 Å². The Kier molecular flexibility index (Phi) is 2.24. The lowest BCUT2D eigenvalue weighted by Crippen LogP contribution is -2.05. The number of carboxylic acids is 1. The monoisotopic (exact) mass is 207 g/mol. The summed E-state index contributed by atoms with van der Waals surface area (Å²) in [5, 5.41) is 16.4. The molecule has 0 bridgehead atoms. The fourth-order valence-electron chi connectivity index (χ4n) is 1.29. The number of hydrogen-bond acceptors (Lipinski definition) is 4. The molecular formula is C9H9N3O3. The molecule has 15 heavy (non-hydrogen) atoms.